The summed E-state index contributed by atoms with van der Waals surface area (Å²) in [6.07, 6.45) is 3.53. The van der Waals surface area contributed by atoms with Crippen LogP contribution in [0.5, 0.6) is 0 Å². The second-order valence-electron chi connectivity index (χ2n) is 4.07. The fourth-order valence-corrected chi connectivity index (χ4v) is 1.60. The normalized spacial score (nSPS) is 10.0. The van der Waals surface area contributed by atoms with Crippen LogP contribution in [0.3, 0.4) is 0 Å². The number of hydrogen-bond donors (Lipinski definition) is 1. The molecular weight excluding hydrogens is 224 g/mol. The predicted molar refractivity (Wildman–Crippen MR) is 68.5 cm³/mol. The maximum Gasteiger partial charge on any atom is 0.140 e. The molecule has 4 heteroatoms. The lowest BCUT2D eigenvalue weighted by molar-refractivity contribution is 0.690. The molecule has 0 saturated carbocycles. The molecule has 2 heterocycles. The van der Waals surface area contributed by atoms with Crippen molar-refractivity contribution in [1.82, 2.24) is 15.3 Å². The van der Waals surface area contributed by atoms with Crippen LogP contribution in [0.2, 0.25) is 0 Å². The van der Waals surface area contributed by atoms with E-state index >= 15 is 0 Å². The van der Waals surface area contributed by atoms with Gasteiger partial charge in [-0.1, -0.05) is 6.07 Å². The van der Waals surface area contributed by atoms with Crippen molar-refractivity contribution in [2.24, 2.45) is 0 Å². The molecule has 2 rings (SSSR count). The van der Waals surface area contributed by atoms with Gasteiger partial charge in [0.05, 0.1) is 0 Å². The molecule has 90 valence electrons. The van der Waals surface area contributed by atoms with Crippen molar-refractivity contribution in [3.05, 3.63) is 59.2 Å². The Hall–Kier alpha value is -2.25. The van der Waals surface area contributed by atoms with E-state index in [-0.39, 0.29) is 0 Å². The van der Waals surface area contributed by atoms with E-state index in [0.29, 0.717) is 12.2 Å². The number of pyridine rings is 2. The summed E-state index contributed by atoms with van der Waals surface area (Å²) in [6.45, 7) is 3.44. The average Bonchev–Trinajstić information content (AvgIpc) is 2.41. The van der Waals surface area contributed by atoms with Gasteiger partial charge in [0.2, 0.25) is 0 Å². The molecule has 0 amide bonds. The Kier molecular flexibility index (Phi) is 4.00. The molecular formula is C14H14N4. The SMILES string of the molecule is Cc1ccc(CNCc2ccnc(C#N)c2)cn1. The second-order valence-corrected chi connectivity index (χ2v) is 4.07. The summed E-state index contributed by atoms with van der Waals surface area (Å²) in [5.41, 5.74) is 3.68. The first-order chi connectivity index (χ1) is 8.78. The van der Waals surface area contributed by atoms with Crippen LogP contribution in [-0.2, 0) is 13.1 Å². The molecule has 0 fully saturated rings. The fourth-order valence-electron chi connectivity index (χ4n) is 1.60. The number of rotatable bonds is 4. The maximum absolute atomic E-state index is 8.75. The van der Waals surface area contributed by atoms with E-state index in [9.17, 15) is 0 Å². The largest absolute Gasteiger partial charge is 0.309 e. The van der Waals surface area contributed by atoms with Crippen LogP contribution in [0.1, 0.15) is 22.5 Å². The summed E-state index contributed by atoms with van der Waals surface area (Å²) in [7, 11) is 0. The number of nitrogens with zero attached hydrogens (tertiary/aromatic N) is 3. The third-order valence-electron chi connectivity index (χ3n) is 2.57. The Morgan fingerprint density at radius 3 is 2.72 bits per heavy atom. The van der Waals surface area contributed by atoms with Gasteiger partial charge < -0.3 is 5.32 Å². The molecule has 1 N–H and O–H groups in total. The van der Waals surface area contributed by atoms with E-state index < -0.39 is 0 Å². The summed E-state index contributed by atoms with van der Waals surface area (Å²) >= 11 is 0. The van der Waals surface area contributed by atoms with Gasteiger partial charge in [0.1, 0.15) is 11.8 Å². The van der Waals surface area contributed by atoms with Crippen molar-refractivity contribution in [2.75, 3.05) is 0 Å². The molecule has 18 heavy (non-hydrogen) atoms. The number of aryl methyl sites for hydroxylation is 1. The molecule has 0 spiro atoms. The Morgan fingerprint density at radius 2 is 2.00 bits per heavy atom. The molecule has 0 radical (unpaired) electrons. The van der Waals surface area contributed by atoms with Crippen molar-refractivity contribution >= 4 is 0 Å². The molecule has 0 aliphatic carbocycles. The van der Waals surface area contributed by atoms with E-state index in [1.807, 2.05) is 31.3 Å². The zero-order valence-electron chi connectivity index (χ0n) is 10.2. The fraction of sp³-hybridized carbons (Fsp3) is 0.214. The first-order valence-electron chi connectivity index (χ1n) is 5.75. The molecule has 4 nitrogen and oxygen atoms in total. The van der Waals surface area contributed by atoms with E-state index in [1.165, 1.54) is 0 Å². The van der Waals surface area contributed by atoms with Crippen LogP contribution >= 0.6 is 0 Å². The van der Waals surface area contributed by atoms with Gasteiger partial charge in [0, 0.05) is 31.2 Å². The van der Waals surface area contributed by atoms with Crippen molar-refractivity contribution in [2.45, 2.75) is 20.0 Å². The molecule has 0 saturated heterocycles. The third-order valence-corrected chi connectivity index (χ3v) is 2.57. The summed E-state index contributed by atoms with van der Waals surface area (Å²) < 4.78 is 0. The van der Waals surface area contributed by atoms with Crippen LogP contribution in [-0.4, -0.2) is 9.97 Å². The lowest BCUT2D eigenvalue weighted by atomic mass is 10.2. The third kappa shape index (κ3) is 3.37. The maximum atomic E-state index is 8.75. The first kappa shape index (κ1) is 12.2. The van der Waals surface area contributed by atoms with Crippen LogP contribution in [0, 0.1) is 18.3 Å². The molecule has 2 aromatic rings. The molecule has 0 aromatic carbocycles. The summed E-state index contributed by atoms with van der Waals surface area (Å²) in [5, 5.41) is 12.1. The Labute approximate surface area is 106 Å². The zero-order valence-corrected chi connectivity index (χ0v) is 10.2. The molecule has 0 aliphatic rings. The van der Waals surface area contributed by atoms with Crippen LogP contribution in [0.25, 0.3) is 0 Å². The van der Waals surface area contributed by atoms with Gasteiger partial charge in [0.25, 0.3) is 0 Å². The van der Waals surface area contributed by atoms with Crippen molar-refractivity contribution in [1.29, 1.82) is 5.26 Å². The van der Waals surface area contributed by atoms with E-state index in [1.54, 1.807) is 12.3 Å². The van der Waals surface area contributed by atoms with Crippen LogP contribution in [0.4, 0.5) is 0 Å². The number of nitriles is 1. The summed E-state index contributed by atoms with van der Waals surface area (Å²) in [6, 6.07) is 9.78. The predicted octanol–water partition coefficient (Wildman–Crippen LogP) is 1.95. The highest BCUT2D eigenvalue weighted by Gasteiger charge is 1.97. The smallest absolute Gasteiger partial charge is 0.140 e. The zero-order chi connectivity index (χ0) is 12.8. The van der Waals surface area contributed by atoms with Gasteiger partial charge in [-0.15, -0.1) is 0 Å². The standard InChI is InChI=1S/C14H14N4/c1-11-2-3-13(10-18-11)9-16-8-12-4-5-17-14(6-12)7-15/h2-6,10,16H,8-9H2,1H3. The van der Waals surface area contributed by atoms with Crippen LogP contribution in [0.15, 0.2) is 36.7 Å². The lowest BCUT2D eigenvalue weighted by Gasteiger charge is -2.05. The van der Waals surface area contributed by atoms with Gasteiger partial charge in [-0.05, 0) is 36.2 Å². The lowest BCUT2D eigenvalue weighted by Crippen LogP contribution is -2.13. The minimum absolute atomic E-state index is 0.450. The van der Waals surface area contributed by atoms with Gasteiger partial charge in [0.15, 0.2) is 0 Å². The molecule has 0 bridgehead atoms. The van der Waals surface area contributed by atoms with Crippen molar-refractivity contribution in [3.63, 3.8) is 0 Å². The number of hydrogen-bond acceptors (Lipinski definition) is 4. The Bertz CT molecular complexity index is 555. The molecule has 0 unspecified atom stereocenters. The second kappa shape index (κ2) is 5.89. The highest BCUT2D eigenvalue weighted by molar-refractivity contribution is 5.25. The highest BCUT2D eigenvalue weighted by Crippen LogP contribution is 2.02. The molecule has 0 atom stereocenters. The first-order valence-corrected chi connectivity index (χ1v) is 5.75. The Balaban J connectivity index is 1.88. The van der Waals surface area contributed by atoms with Crippen molar-refractivity contribution in [3.8, 4) is 6.07 Å². The van der Waals surface area contributed by atoms with E-state index in [0.717, 1.165) is 23.4 Å². The summed E-state index contributed by atoms with van der Waals surface area (Å²) in [5.74, 6) is 0. The van der Waals surface area contributed by atoms with E-state index in [2.05, 4.69) is 21.4 Å². The average molecular weight is 238 g/mol. The van der Waals surface area contributed by atoms with Crippen LogP contribution < -0.4 is 5.32 Å². The molecule has 0 aliphatic heterocycles. The molecule has 2 aromatic heterocycles. The van der Waals surface area contributed by atoms with Gasteiger partial charge in [-0.2, -0.15) is 5.26 Å². The van der Waals surface area contributed by atoms with Gasteiger partial charge in [-0.3, -0.25) is 4.98 Å². The van der Waals surface area contributed by atoms with E-state index in [4.69, 9.17) is 5.26 Å². The monoisotopic (exact) mass is 238 g/mol. The minimum Gasteiger partial charge on any atom is -0.309 e. The topological polar surface area (TPSA) is 61.6 Å². The minimum atomic E-state index is 0.450. The highest BCUT2D eigenvalue weighted by atomic mass is 14.9. The van der Waals surface area contributed by atoms with Gasteiger partial charge >= 0.3 is 0 Å². The Morgan fingerprint density at radius 1 is 1.17 bits per heavy atom. The van der Waals surface area contributed by atoms with Crippen molar-refractivity contribution < 1.29 is 0 Å². The number of nitrogens with one attached hydrogen (secondary N) is 1. The number of aromatic nitrogens is 2. The van der Waals surface area contributed by atoms with Gasteiger partial charge in [-0.25, -0.2) is 4.98 Å². The summed E-state index contributed by atoms with van der Waals surface area (Å²) in [4.78, 5) is 8.17. The quantitative estimate of drug-likeness (QED) is 0.884.